The van der Waals surface area contributed by atoms with Crippen molar-refractivity contribution in [2.75, 3.05) is 27.7 Å². The second-order valence-corrected chi connectivity index (χ2v) is 8.04. The summed E-state index contributed by atoms with van der Waals surface area (Å²) in [7, 11) is 5.86. The number of likely N-dealkylation sites (N-methyl/N-ethyl adjacent to an activating group) is 1. The van der Waals surface area contributed by atoms with Crippen molar-refractivity contribution in [3.8, 4) is 28.5 Å². The van der Waals surface area contributed by atoms with E-state index in [2.05, 4.69) is 59.3 Å². The van der Waals surface area contributed by atoms with Crippen molar-refractivity contribution >= 4 is 22.1 Å². The minimum Gasteiger partial charge on any atom is -0.497 e. The van der Waals surface area contributed by atoms with Gasteiger partial charge >= 0.3 is 0 Å². The third-order valence-electron chi connectivity index (χ3n) is 5.51. The number of imidazole rings is 2. The predicted molar refractivity (Wildman–Crippen MR) is 125 cm³/mol. The predicted octanol–water partition coefficient (Wildman–Crippen LogP) is 4.89. The Morgan fingerprint density at radius 1 is 0.774 bits per heavy atom. The van der Waals surface area contributed by atoms with Crippen LogP contribution >= 0.6 is 0 Å². The first-order valence-electron chi connectivity index (χ1n) is 10.4. The number of hydrogen-bond donors (Lipinski definition) is 2. The molecule has 6 heteroatoms. The van der Waals surface area contributed by atoms with Crippen molar-refractivity contribution in [1.29, 1.82) is 0 Å². The van der Waals surface area contributed by atoms with E-state index in [9.17, 15) is 0 Å². The zero-order valence-corrected chi connectivity index (χ0v) is 17.9. The van der Waals surface area contributed by atoms with E-state index in [0.717, 1.165) is 63.6 Å². The van der Waals surface area contributed by atoms with E-state index in [4.69, 9.17) is 14.7 Å². The third-order valence-corrected chi connectivity index (χ3v) is 5.51. The summed E-state index contributed by atoms with van der Waals surface area (Å²) in [4.78, 5) is 18.6. The molecule has 0 aliphatic carbocycles. The van der Waals surface area contributed by atoms with Gasteiger partial charge in [0.15, 0.2) is 0 Å². The van der Waals surface area contributed by atoms with Crippen molar-refractivity contribution in [2.45, 2.75) is 6.42 Å². The van der Waals surface area contributed by atoms with E-state index >= 15 is 0 Å². The lowest BCUT2D eigenvalue weighted by atomic mass is 10.1. The summed E-state index contributed by atoms with van der Waals surface area (Å²) in [6.07, 6.45) is 1.02. The van der Waals surface area contributed by atoms with Gasteiger partial charge in [-0.25, -0.2) is 9.97 Å². The molecule has 0 bridgehead atoms. The standard InChI is InChI=1S/C25H25N5O/c1-30(2)13-12-16-4-10-20-22(14-16)28-25(27-20)18-7-11-21-23(15-18)29-24(26-21)17-5-8-19(31-3)9-6-17/h4-11,14-15H,12-13H2,1-3H3,(H,26,29)(H,27,28). The molecule has 31 heavy (non-hydrogen) atoms. The van der Waals surface area contributed by atoms with Crippen LogP contribution in [-0.2, 0) is 6.42 Å². The summed E-state index contributed by atoms with van der Waals surface area (Å²) in [5, 5.41) is 0. The number of fused-ring (bicyclic) bond motifs is 2. The van der Waals surface area contributed by atoms with Crippen LogP contribution in [0.25, 0.3) is 44.8 Å². The highest BCUT2D eigenvalue weighted by molar-refractivity contribution is 5.86. The van der Waals surface area contributed by atoms with Gasteiger partial charge in [0.25, 0.3) is 0 Å². The van der Waals surface area contributed by atoms with Gasteiger partial charge < -0.3 is 19.6 Å². The highest BCUT2D eigenvalue weighted by Crippen LogP contribution is 2.27. The van der Waals surface area contributed by atoms with Gasteiger partial charge in [0.1, 0.15) is 17.4 Å². The summed E-state index contributed by atoms with van der Waals surface area (Å²) in [6, 6.07) is 20.5. The number of ether oxygens (including phenoxy) is 1. The molecular formula is C25H25N5O. The molecule has 6 nitrogen and oxygen atoms in total. The molecule has 0 aliphatic heterocycles. The molecule has 0 unspecified atom stereocenters. The summed E-state index contributed by atoms with van der Waals surface area (Å²) in [6.45, 7) is 1.03. The maximum absolute atomic E-state index is 5.24. The van der Waals surface area contributed by atoms with Crippen LogP contribution in [0.15, 0.2) is 60.7 Å². The molecule has 0 saturated carbocycles. The van der Waals surface area contributed by atoms with Gasteiger partial charge in [-0.2, -0.15) is 0 Å². The van der Waals surface area contributed by atoms with Gasteiger partial charge in [0.2, 0.25) is 0 Å². The van der Waals surface area contributed by atoms with Crippen LogP contribution in [0.5, 0.6) is 5.75 Å². The lowest BCUT2D eigenvalue weighted by molar-refractivity contribution is 0.414. The Morgan fingerprint density at radius 2 is 1.39 bits per heavy atom. The van der Waals surface area contributed by atoms with E-state index in [1.54, 1.807) is 7.11 Å². The Labute approximate surface area is 180 Å². The van der Waals surface area contributed by atoms with E-state index in [-0.39, 0.29) is 0 Å². The second-order valence-electron chi connectivity index (χ2n) is 8.04. The quantitative estimate of drug-likeness (QED) is 0.418. The largest absolute Gasteiger partial charge is 0.497 e. The van der Waals surface area contributed by atoms with E-state index < -0.39 is 0 Å². The number of aromatic amines is 2. The number of benzene rings is 3. The van der Waals surface area contributed by atoms with Crippen molar-refractivity contribution in [3.05, 3.63) is 66.2 Å². The smallest absolute Gasteiger partial charge is 0.138 e. The van der Waals surface area contributed by atoms with Crippen LogP contribution in [0, 0.1) is 0 Å². The molecule has 0 fully saturated rings. The van der Waals surface area contributed by atoms with Gasteiger partial charge in [-0.15, -0.1) is 0 Å². The molecule has 5 rings (SSSR count). The Hall–Kier alpha value is -3.64. The van der Waals surface area contributed by atoms with Crippen LogP contribution in [0.3, 0.4) is 0 Å². The normalized spacial score (nSPS) is 11.6. The molecule has 0 spiro atoms. The minimum atomic E-state index is 0.830. The molecule has 0 saturated heterocycles. The first kappa shape index (κ1) is 19.3. The number of aromatic nitrogens is 4. The van der Waals surface area contributed by atoms with Crippen LogP contribution in [0.2, 0.25) is 0 Å². The molecule has 2 heterocycles. The van der Waals surface area contributed by atoms with Gasteiger partial charge in [-0.3, -0.25) is 0 Å². The number of nitrogens with zero attached hydrogens (tertiary/aromatic N) is 3. The Kier molecular flexibility index (Phi) is 4.92. The van der Waals surface area contributed by atoms with Crippen molar-refractivity contribution in [2.24, 2.45) is 0 Å². The molecule has 0 amide bonds. The monoisotopic (exact) mass is 411 g/mol. The summed E-state index contributed by atoms with van der Waals surface area (Å²) >= 11 is 0. The molecule has 0 atom stereocenters. The van der Waals surface area contributed by atoms with Crippen LogP contribution in [0.1, 0.15) is 5.56 Å². The van der Waals surface area contributed by atoms with E-state index in [0.29, 0.717) is 0 Å². The van der Waals surface area contributed by atoms with Crippen molar-refractivity contribution in [3.63, 3.8) is 0 Å². The first-order chi connectivity index (χ1) is 15.1. The topological polar surface area (TPSA) is 69.8 Å². The summed E-state index contributed by atoms with van der Waals surface area (Å²) < 4.78 is 5.24. The fourth-order valence-electron chi connectivity index (χ4n) is 3.74. The van der Waals surface area contributed by atoms with E-state index in [1.165, 1.54) is 5.56 Å². The van der Waals surface area contributed by atoms with Crippen molar-refractivity contribution in [1.82, 2.24) is 24.8 Å². The zero-order chi connectivity index (χ0) is 21.4. The van der Waals surface area contributed by atoms with E-state index in [1.807, 2.05) is 30.3 Å². The van der Waals surface area contributed by atoms with Crippen LogP contribution in [0.4, 0.5) is 0 Å². The van der Waals surface area contributed by atoms with Gasteiger partial charge in [0.05, 0.1) is 29.2 Å². The number of rotatable bonds is 6. The Balaban J connectivity index is 1.46. The number of H-pyrrole nitrogens is 2. The summed E-state index contributed by atoms with van der Waals surface area (Å²) in [5.74, 6) is 2.53. The lowest BCUT2D eigenvalue weighted by Gasteiger charge is -2.08. The maximum Gasteiger partial charge on any atom is 0.138 e. The minimum absolute atomic E-state index is 0.830. The lowest BCUT2D eigenvalue weighted by Crippen LogP contribution is -2.14. The van der Waals surface area contributed by atoms with Crippen molar-refractivity contribution < 1.29 is 4.74 Å². The number of methoxy groups -OCH3 is 1. The van der Waals surface area contributed by atoms with Gasteiger partial charge in [0, 0.05) is 17.7 Å². The molecular weight excluding hydrogens is 386 g/mol. The molecule has 2 aromatic heterocycles. The SMILES string of the molecule is COc1ccc(-c2nc3ccc(-c4nc5ccc(CCN(C)C)cc5[nH]4)cc3[nH]2)cc1. The molecule has 3 aromatic carbocycles. The fourth-order valence-corrected chi connectivity index (χ4v) is 3.74. The highest BCUT2D eigenvalue weighted by atomic mass is 16.5. The summed E-state index contributed by atoms with van der Waals surface area (Å²) in [5.41, 5.74) is 7.31. The molecule has 156 valence electrons. The average molecular weight is 412 g/mol. The Morgan fingerprint density at radius 3 is 2.06 bits per heavy atom. The van der Waals surface area contributed by atoms with Gasteiger partial charge in [-0.1, -0.05) is 6.07 Å². The third kappa shape index (κ3) is 3.90. The van der Waals surface area contributed by atoms with Gasteiger partial charge in [-0.05, 0) is 80.7 Å². The zero-order valence-electron chi connectivity index (χ0n) is 17.9. The molecule has 2 N–H and O–H groups in total. The Bertz CT molecular complexity index is 1350. The highest BCUT2D eigenvalue weighted by Gasteiger charge is 2.10. The molecule has 0 aliphatic rings. The van der Waals surface area contributed by atoms with Crippen LogP contribution < -0.4 is 4.74 Å². The number of nitrogens with one attached hydrogen (secondary N) is 2. The maximum atomic E-state index is 5.24. The fraction of sp³-hybridized carbons (Fsp3) is 0.200. The van der Waals surface area contributed by atoms with Crippen LogP contribution in [-0.4, -0.2) is 52.6 Å². The molecule has 0 radical (unpaired) electrons. The number of hydrogen-bond acceptors (Lipinski definition) is 4. The second kappa shape index (κ2) is 7.89. The first-order valence-corrected chi connectivity index (χ1v) is 10.4. The molecule has 5 aromatic rings. The average Bonchev–Trinajstić information content (AvgIpc) is 3.41.